The van der Waals surface area contributed by atoms with Crippen LogP contribution in [0.4, 0.5) is 10.5 Å². The number of amides is 2. The number of anilines is 1. The molecule has 5 nitrogen and oxygen atoms in total. The third-order valence-electron chi connectivity index (χ3n) is 3.35. The van der Waals surface area contributed by atoms with E-state index in [0.29, 0.717) is 13.1 Å². The first kappa shape index (κ1) is 13.4. The second kappa shape index (κ2) is 5.73. The number of carbonyl (C=O) groups excluding carboxylic acids is 1. The summed E-state index contributed by atoms with van der Waals surface area (Å²) in [5, 5.41) is 11.5. The Morgan fingerprint density at radius 2 is 2.05 bits per heavy atom. The fourth-order valence-electron chi connectivity index (χ4n) is 2.26. The number of benzene rings is 1. The molecule has 1 fully saturated rings. The standard InChI is InChI=1S/C14H18N2O3/c1-2-11-5-3-4-6-12(11)15-14(19)16-8-10(9-16)7-13(17)18/h3-6,10H,2,7-9H2,1H3,(H,15,19)(H,17,18). The molecule has 0 spiro atoms. The number of urea groups is 1. The van der Waals surface area contributed by atoms with E-state index in [-0.39, 0.29) is 18.4 Å². The van der Waals surface area contributed by atoms with Crippen molar-refractivity contribution >= 4 is 17.7 Å². The fourth-order valence-corrected chi connectivity index (χ4v) is 2.26. The van der Waals surface area contributed by atoms with Crippen LogP contribution < -0.4 is 5.32 Å². The van der Waals surface area contributed by atoms with Gasteiger partial charge in [-0.1, -0.05) is 25.1 Å². The number of carboxylic acid groups (broad SMARTS) is 1. The second-order valence-electron chi connectivity index (χ2n) is 4.81. The molecule has 0 atom stereocenters. The molecule has 0 unspecified atom stereocenters. The highest BCUT2D eigenvalue weighted by atomic mass is 16.4. The van der Waals surface area contributed by atoms with Gasteiger partial charge in [0.1, 0.15) is 0 Å². The molecule has 0 aliphatic carbocycles. The average Bonchev–Trinajstić information content (AvgIpc) is 2.33. The predicted octanol–water partition coefficient (Wildman–Crippen LogP) is 2.19. The van der Waals surface area contributed by atoms with E-state index in [0.717, 1.165) is 17.7 Å². The summed E-state index contributed by atoms with van der Waals surface area (Å²) in [5.41, 5.74) is 1.93. The number of hydrogen-bond donors (Lipinski definition) is 2. The molecule has 2 N–H and O–H groups in total. The number of para-hydroxylation sites is 1. The minimum Gasteiger partial charge on any atom is -0.481 e. The first-order valence-electron chi connectivity index (χ1n) is 6.45. The summed E-state index contributed by atoms with van der Waals surface area (Å²) in [4.78, 5) is 24.1. The van der Waals surface area contributed by atoms with Crippen molar-refractivity contribution in [2.24, 2.45) is 5.92 Å². The third kappa shape index (κ3) is 3.24. The van der Waals surface area contributed by atoms with Crippen molar-refractivity contribution < 1.29 is 14.7 Å². The summed E-state index contributed by atoms with van der Waals surface area (Å²) in [6, 6.07) is 7.55. The van der Waals surface area contributed by atoms with Crippen molar-refractivity contribution in [3.63, 3.8) is 0 Å². The lowest BCUT2D eigenvalue weighted by Crippen LogP contribution is -2.52. The van der Waals surface area contributed by atoms with Crippen molar-refractivity contribution in [2.45, 2.75) is 19.8 Å². The van der Waals surface area contributed by atoms with Gasteiger partial charge in [-0.3, -0.25) is 4.79 Å². The normalized spacial score (nSPS) is 14.9. The van der Waals surface area contributed by atoms with Crippen molar-refractivity contribution in [1.82, 2.24) is 4.90 Å². The molecule has 5 heteroatoms. The summed E-state index contributed by atoms with van der Waals surface area (Å²) in [7, 11) is 0. The number of aryl methyl sites for hydroxylation is 1. The molecular formula is C14H18N2O3. The lowest BCUT2D eigenvalue weighted by molar-refractivity contribution is -0.139. The molecule has 1 aromatic rings. The highest BCUT2D eigenvalue weighted by molar-refractivity contribution is 5.90. The fraction of sp³-hybridized carbons (Fsp3) is 0.429. The van der Waals surface area contributed by atoms with E-state index in [1.165, 1.54) is 0 Å². The molecule has 1 aliphatic rings. The van der Waals surface area contributed by atoms with Crippen LogP contribution in [-0.4, -0.2) is 35.1 Å². The number of nitrogens with zero attached hydrogens (tertiary/aromatic N) is 1. The molecule has 102 valence electrons. The zero-order valence-electron chi connectivity index (χ0n) is 10.9. The number of aliphatic carboxylic acids is 1. The van der Waals surface area contributed by atoms with Crippen LogP contribution in [0.15, 0.2) is 24.3 Å². The van der Waals surface area contributed by atoms with Crippen molar-refractivity contribution in [3.8, 4) is 0 Å². The first-order chi connectivity index (χ1) is 9.10. The van der Waals surface area contributed by atoms with Crippen LogP contribution in [0, 0.1) is 5.92 Å². The van der Waals surface area contributed by atoms with E-state index in [1.807, 2.05) is 31.2 Å². The minimum absolute atomic E-state index is 0.0877. The third-order valence-corrected chi connectivity index (χ3v) is 3.35. The molecule has 1 aromatic carbocycles. The van der Waals surface area contributed by atoms with Crippen LogP contribution in [0.2, 0.25) is 0 Å². The van der Waals surface area contributed by atoms with Crippen molar-refractivity contribution in [2.75, 3.05) is 18.4 Å². The summed E-state index contributed by atoms with van der Waals surface area (Å²) in [5.74, 6) is -0.717. The Kier molecular flexibility index (Phi) is 4.04. The molecule has 0 radical (unpaired) electrons. The van der Waals surface area contributed by atoms with E-state index in [1.54, 1.807) is 4.90 Å². The molecule has 1 aliphatic heterocycles. The highest BCUT2D eigenvalue weighted by Gasteiger charge is 2.32. The molecule has 2 rings (SSSR count). The number of carboxylic acids is 1. The molecular weight excluding hydrogens is 244 g/mol. The van der Waals surface area contributed by atoms with E-state index < -0.39 is 5.97 Å². The Labute approximate surface area is 112 Å². The quantitative estimate of drug-likeness (QED) is 0.873. The van der Waals surface area contributed by atoms with Gasteiger partial charge in [-0.25, -0.2) is 4.79 Å². The van der Waals surface area contributed by atoms with Crippen LogP contribution in [0.25, 0.3) is 0 Å². The van der Waals surface area contributed by atoms with Gasteiger partial charge in [0.25, 0.3) is 0 Å². The van der Waals surface area contributed by atoms with Gasteiger partial charge in [0.15, 0.2) is 0 Å². The number of nitrogens with one attached hydrogen (secondary N) is 1. The van der Waals surface area contributed by atoms with Crippen molar-refractivity contribution in [1.29, 1.82) is 0 Å². The topological polar surface area (TPSA) is 69.6 Å². The first-order valence-corrected chi connectivity index (χ1v) is 6.45. The SMILES string of the molecule is CCc1ccccc1NC(=O)N1CC(CC(=O)O)C1. The molecule has 0 saturated carbocycles. The van der Waals surface area contributed by atoms with E-state index in [9.17, 15) is 9.59 Å². The maximum atomic E-state index is 12.0. The summed E-state index contributed by atoms with van der Waals surface area (Å²) in [6.45, 7) is 3.08. The zero-order valence-corrected chi connectivity index (χ0v) is 10.9. The van der Waals surface area contributed by atoms with Gasteiger partial charge < -0.3 is 15.3 Å². The Morgan fingerprint density at radius 1 is 1.37 bits per heavy atom. The van der Waals surface area contributed by atoms with Crippen LogP contribution >= 0.6 is 0 Å². The number of likely N-dealkylation sites (tertiary alicyclic amines) is 1. The zero-order chi connectivity index (χ0) is 13.8. The Bertz CT molecular complexity index is 481. The number of hydrogen-bond acceptors (Lipinski definition) is 2. The van der Waals surface area contributed by atoms with E-state index in [2.05, 4.69) is 5.32 Å². The Hall–Kier alpha value is -2.04. The maximum absolute atomic E-state index is 12.0. The van der Waals surface area contributed by atoms with Crippen LogP contribution in [0.3, 0.4) is 0 Å². The van der Waals surface area contributed by atoms with E-state index >= 15 is 0 Å². The predicted molar refractivity (Wildman–Crippen MR) is 72.2 cm³/mol. The average molecular weight is 262 g/mol. The lowest BCUT2D eigenvalue weighted by atomic mass is 9.97. The van der Waals surface area contributed by atoms with Gasteiger partial charge >= 0.3 is 12.0 Å². The van der Waals surface area contributed by atoms with Crippen LogP contribution in [0.1, 0.15) is 18.9 Å². The molecule has 0 bridgehead atoms. The lowest BCUT2D eigenvalue weighted by Gasteiger charge is -2.38. The van der Waals surface area contributed by atoms with Gasteiger partial charge in [-0.2, -0.15) is 0 Å². The number of carbonyl (C=O) groups is 2. The van der Waals surface area contributed by atoms with E-state index in [4.69, 9.17) is 5.11 Å². The van der Waals surface area contributed by atoms with Gasteiger partial charge in [0.05, 0.1) is 6.42 Å². The van der Waals surface area contributed by atoms with Gasteiger partial charge in [-0.15, -0.1) is 0 Å². The van der Waals surface area contributed by atoms with Crippen LogP contribution in [0.5, 0.6) is 0 Å². The Morgan fingerprint density at radius 3 is 2.68 bits per heavy atom. The second-order valence-corrected chi connectivity index (χ2v) is 4.81. The minimum atomic E-state index is -0.804. The van der Waals surface area contributed by atoms with Crippen molar-refractivity contribution in [3.05, 3.63) is 29.8 Å². The molecule has 1 heterocycles. The summed E-state index contributed by atoms with van der Waals surface area (Å²) < 4.78 is 0. The largest absolute Gasteiger partial charge is 0.481 e. The smallest absolute Gasteiger partial charge is 0.321 e. The molecule has 2 amide bonds. The van der Waals surface area contributed by atoms with Crippen LogP contribution in [-0.2, 0) is 11.2 Å². The molecule has 1 saturated heterocycles. The highest BCUT2D eigenvalue weighted by Crippen LogP contribution is 2.21. The van der Waals surface area contributed by atoms with Gasteiger partial charge in [0, 0.05) is 24.7 Å². The van der Waals surface area contributed by atoms with Gasteiger partial charge in [0.2, 0.25) is 0 Å². The number of rotatable bonds is 4. The Balaban J connectivity index is 1.87. The van der Waals surface area contributed by atoms with Gasteiger partial charge in [-0.05, 0) is 18.1 Å². The maximum Gasteiger partial charge on any atom is 0.321 e. The molecule has 19 heavy (non-hydrogen) atoms. The molecule has 0 aromatic heterocycles. The summed E-state index contributed by atoms with van der Waals surface area (Å²) >= 11 is 0. The summed E-state index contributed by atoms with van der Waals surface area (Å²) in [6.07, 6.45) is 0.993. The monoisotopic (exact) mass is 262 g/mol.